The van der Waals surface area contributed by atoms with Crippen LogP contribution >= 0.6 is 0 Å². The number of nitrogens with one attached hydrogen (secondary N) is 1. The maximum Gasteiger partial charge on any atom is 0.224 e. The molecule has 5 heteroatoms. The molecule has 19 heavy (non-hydrogen) atoms. The minimum atomic E-state index is -0.295. The number of amides is 1. The highest BCUT2D eigenvalue weighted by molar-refractivity contribution is 5.78. The van der Waals surface area contributed by atoms with Gasteiger partial charge in [-0.1, -0.05) is 12.1 Å². The molecule has 0 aliphatic carbocycles. The zero-order chi connectivity index (χ0) is 13.7. The monoisotopic (exact) mass is 261 g/mol. The summed E-state index contributed by atoms with van der Waals surface area (Å²) in [6.07, 6.45) is 3.89. The number of carbonyl (C=O) groups excluding carboxylic acids is 1. The quantitative estimate of drug-likeness (QED) is 0.893. The number of carbonyl (C=O) groups is 1. The molecule has 0 saturated carbocycles. The van der Waals surface area contributed by atoms with E-state index in [4.69, 9.17) is 0 Å². The highest BCUT2D eigenvalue weighted by atomic mass is 19.1. The zero-order valence-electron chi connectivity index (χ0n) is 10.8. The van der Waals surface area contributed by atoms with E-state index in [0.29, 0.717) is 6.54 Å². The Kier molecular flexibility index (Phi) is 4.28. The second-order valence-corrected chi connectivity index (χ2v) is 4.28. The van der Waals surface area contributed by atoms with E-state index in [1.807, 2.05) is 17.8 Å². The Balaban J connectivity index is 1.82. The van der Waals surface area contributed by atoms with Crippen molar-refractivity contribution in [2.75, 3.05) is 0 Å². The SMILES string of the molecule is CCn1cc(CNC(=O)Cc2ccc(F)cc2)cn1. The first-order chi connectivity index (χ1) is 9.17. The molecule has 0 spiro atoms. The van der Waals surface area contributed by atoms with Gasteiger partial charge in [0.15, 0.2) is 0 Å². The lowest BCUT2D eigenvalue weighted by molar-refractivity contribution is -0.120. The van der Waals surface area contributed by atoms with Crippen LogP contribution in [0.25, 0.3) is 0 Å². The number of nitrogens with zero attached hydrogens (tertiary/aromatic N) is 2. The third-order valence-corrected chi connectivity index (χ3v) is 2.78. The predicted octanol–water partition coefficient (Wildman–Crippen LogP) is 1.90. The fraction of sp³-hybridized carbons (Fsp3) is 0.286. The van der Waals surface area contributed by atoms with Gasteiger partial charge in [-0.3, -0.25) is 9.48 Å². The van der Waals surface area contributed by atoms with E-state index in [1.54, 1.807) is 18.3 Å². The standard InChI is InChI=1S/C14H16FN3O/c1-2-18-10-12(9-17-18)8-16-14(19)7-11-3-5-13(15)6-4-11/h3-6,9-10H,2,7-8H2,1H3,(H,16,19). The van der Waals surface area contributed by atoms with Crippen LogP contribution in [0.3, 0.4) is 0 Å². The summed E-state index contributed by atoms with van der Waals surface area (Å²) in [6.45, 7) is 3.27. The summed E-state index contributed by atoms with van der Waals surface area (Å²) in [5, 5.41) is 6.94. The molecule has 1 heterocycles. The Labute approximate surface area is 111 Å². The number of aryl methyl sites for hydroxylation is 1. The topological polar surface area (TPSA) is 46.9 Å². The lowest BCUT2D eigenvalue weighted by Gasteiger charge is -2.03. The van der Waals surface area contributed by atoms with Crippen molar-refractivity contribution in [3.05, 3.63) is 53.6 Å². The number of halogens is 1. The third kappa shape index (κ3) is 3.91. The van der Waals surface area contributed by atoms with Crippen LogP contribution in [0.5, 0.6) is 0 Å². The fourth-order valence-corrected chi connectivity index (χ4v) is 1.72. The third-order valence-electron chi connectivity index (χ3n) is 2.78. The van der Waals surface area contributed by atoms with Gasteiger partial charge in [-0.2, -0.15) is 5.10 Å². The van der Waals surface area contributed by atoms with Crippen LogP contribution in [0.15, 0.2) is 36.7 Å². The summed E-state index contributed by atoms with van der Waals surface area (Å²) in [7, 11) is 0. The molecular formula is C14H16FN3O. The van der Waals surface area contributed by atoms with Crippen molar-refractivity contribution in [1.29, 1.82) is 0 Å². The maximum absolute atomic E-state index is 12.7. The van der Waals surface area contributed by atoms with Gasteiger partial charge in [0.05, 0.1) is 12.6 Å². The normalized spacial score (nSPS) is 10.4. The largest absolute Gasteiger partial charge is 0.352 e. The van der Waals surface area contributed by atoms with Crippen molar-refractivity contribution in [2.24, 2.45) is 0 Å². The lowest BCUT2D eigenvalue weighted by atomic mass is 10.1. The van der Waals surface area contributed by atoms with Crippen molar-refractivity contribution in [2.45, 2.75) is 26.4 Å². The van der Waals surface area contributed by atoms with Gasteiger partial charge >= 0.3 is 0 Å². The smallest absolute Gasteiger partial charge is 0.224 e. The maximum atomic E-state index is 12.7. The van der Waals surface area contributed by atoms with Crippen LogP contribution in [0.1, 0.15) is 18.1 Å². The number of aromatic nitrogens is 2. The molecule has 0 radical (unpaired) electrons. The van der Waals surface area contributed by atoms with E-state index in [1.165, 1.54) is 12.1 Å². The molecule has 1 amide bonds. The summed E-state index contributed by atoms with van der Waals surface area (Å²) >= 11 is 0. The zero-order valence-corrected chi connectivity index (χ0v) is 10.8. The van der Waals surface area contributed by atoms with E-state index in [0.717, 1.165) is 17.7 Å². The molecule has 2 aromatic rings. The molecule has 2 rings (SSSR count). The van der Waals surface area contributed by atoms with Crippen molar-refractivity contribution in [1.82, 2.24) is 15.1 Å². The lowest BCUT2D eigenvalue weighted by Crippen LogP contribution is -2.24. The molecule has 100 valence electrons. The van der Waals surface area contributed by atoms with Gasteiger partial charge < -0.3 is 5.32 Å². The highest BCUT2D eigenvalue weighted by Crippen LogP contribution is 2.04. The summed E-state index contributed by atoms with van der Waals surface area (Å²) in [4.78, 5) is 11.7. The van der Waals surface area contributed by atoms with Crippen molar-refractivity contribution < 1.29 is 9.18 Å². The van der Waals surface area contributed by atoms with Crippen molar-refractivity contribution in [3.63, 3.8) is 0 Å². The molecule has 0 saturated heterocycles. The van der Waals surface area contributed by atoms with Gasteiger partial charge in [0, 0.05) is 24.8 Å². The van der Waals surface area contributed by atoms with Crippen LogP contribution in [-0.4, -0.2) is 15.7 Å². The molecule has 1 aromatic carbocycles. The highest BCUT2D eigenvalue weighted by Gasteiger charge is 2.04. The Morgan fingerprint density at radius 1 is 1.32 bits per heavy atom. The number of hydrogen-bond acceptors (Lipinski definition) is 2. The summed E-state index contributed by atoms with van der Waals surface area (Å²) in [6, 6.07) is 5.94. The average Bonchev–Trinajstić information content (AvgIpc) is 2.87. The van der Waals surface area contributed by atoms with Gasteiger partial charge in [0.1, 0.15) is 5.82 Å². The predicted molar refractivity (Wildman–Crippen MR) is 69.9 cm³/mol. The van der Waals surface area contributed by atoms with E-state index in [2.05, 4.69) is 10.4 Å². The van der Waals surface area contributed by atoms with Crippen LogP contribution < -0.4 is 5.32 Å². The van der Waals surface area contributed by atoms with E-state index < -0.39 is 0 Å². The Morgan fingerprint density at radius 3 is 2.68 bits per heavy atom. The molecule has 0 unspecified atom stereocenters. The van der Waals surface area contributed by atoms with Gasteiger partial charge in [-0.05, 0) is 24.6 Å². The van der Waals surface area contributed by atoms with Gasteiger partial charge in [0.2, 0.25) is 5.91 Å². The summed E-state index contributed by atoms with van der Waals surface area (Å²) < 4.78 is 14.5. The van der Waals surface area contributed by atoms with Crippen LogP contribution in [0.4, 0.5) is 4.39 Å². The fourth-order valence-electron chi connectivity index (χ4n) is 1.72. The molecule has 0 aliphatic heterocycles. The average molecular weight is 261 g/mol. The molecule has 0 bridgehead atoms. The molecule has 0 aliphatic rings. The summed E-state index contributed by atoms with van der Waals surface area (Å²) in [5.41, 5.74) is 1.76. The minimum absolute atomic E-state index is 0.0872. The number of rotatable bonds is 5. The number of benzene rings is 1. The van der Waals surface area contributed by atoms with Crippen molar-refractivity contribution in [3.8, 4) is 0 Å². The second kappa shape index (κ2) is 6.13. The van der Waals surface area contributed by atoms with Crippen LogP contribution in [-0.2, 0) is 24.3 Å². The first-order valence-corrected chi connectivity index (χ1v) is 6.20. The minimum Gasteiger partial charge on any atom is -0.352 e. The first kappa shape index (κ1) is 13.3. The second-order valence-electron chi connectivity index (χ2n) is 4.28. The van der Waals surface area contributed by atoms with E-state index >= 15 is 0 Å². The van der Waals surface area contributed by atoms with E-state index in [-0.39, 0.29) is 18.1 Å². The van der Waals surface area contributed by atoms with Crippen LogP contribution in [0, 0.1) is 5.82 Å². The van der Waals surface area contributed by atoms with Gasteiger partial charge in [0.25, 0.3) is 0 Å². The molecular weight excluding hydrogens is 245 g/mol. The van der Waals surface area contributed by atoms with Gasteiger partial charge in [-0.25, -0.2) is 4.39 Å². The number of hydrogen-bond donors (Lipinski definition) is 1. The van der Waals surface area contributed by atoms with Crippen LogP contribution in [0.2, 0.25) is 0 Å². The molecule has 1 N–H and O–H groups in total. The Hall–Kier alpha value is -2.17. The molecule has 0 atom stereocenters. The van der Waals surface area contributed by atoms with E-state index in [9.17, 15) is 9.18 Å². The molecule has 0 fully saturated rings. The Bertz CT molecular complexity index is 548. The first-order valence-electron chi connectivity index (χ1n) is 6.20. The van der Waals surface area contributed by atoms with Gasteiger partial charge in [-0.15, -0.1) is 0 Å². The molecule has 4 nitrogen and oxygen atoms in total. The summed E-state index contributed by atoms with van der Waals surface area (Å²) in [5.74, 6) is -0.382. The van der Waals surface area contributed by atoms with Crippen molar-refractivity contribution >= 4 is 5.91 Å². The molecule has 1 aromatic heterocycles. The Morgan fingerprint density at radius 2 is 2.05 bits per heavy atom.